The minimum Gasteiger partial charge on any atom is -0.486 e. The lowest BCUT2D eigenvalue weighted by atomic mass is 10.3. The monoisotopic (exact) mass is 304 g/mol. The maximum Gasteiger partial charge on any atom is 0.340 e. The Balaban J connectivity index is 2.68. The Bertz CT molecular complexity index is 369. The highest BCUT2D eigenvalue weighted by Gasteiger charge is 2.41. The Hall–Kier alpha value is -0.850. The summed E-state index contributed by atoms with van der Waals surface area (Å²) >= 11 is 2.85. The van der Waals surface area contributed by atoms with E-state index < -0.39 is 24.8 Å². The lowest BCUT2D eigenvalue weighted by Gasteiger charge is -2.16. The third-order valence-corrected chi connectivity index (χ3v) is 2.25. The molecule has 0 aliphatic heterocycles. The van der Waals surface area contributed by atoms with Gasteiger partial charge < -0.3 is 4.74 Å². The molecule has 0 heterocycles. The molecule has 0 spiro atoms. The van der Waals surface area contributed by atoms with Crippen LogP contribution >= 0.6 is 15.9 Å². The summed E-state index contributed by atoms with van der Waals surface area (Å²) in [7, 11) is 0. The second-order valence-corrected chi connectivity index (χ2v) is 3.78. The summed E-state index contributed by atoms with van der Waals surface area (Å²) in [5, 5.41) is 0. The van der Waals surface area contributed by atoms with E-state index in [4.69, 9.17) is 0 Å². The Morgan fingerprint density at radius 3 is 2.44 bits per heavy atom. The van der Waals surface area contributed by atoms with Gasteiger partial charge in [-0.15, -0.1) is 0 Å². The van der Waals surface area contributed by atoms with Crippen molar-refractivity contribution in [3.05, 3.63) is 28.5 Å². The molecule has 0 aliphatic carbocycles. The first-order chi connectivity index (χ1) is 7.33. The zero-order chi connectivity index (χ0) is 12.3. The summed E-state index contributed by atoms with van der Waals surface area (Å²) in [5.41, 5.74) is 0. The molecule has 0 aromatic heterocycles. The largest absolute Gasteiger partial charge is 0.486 e. The van der Waals surface area contributed by atoms with E-state index in [-0.39, 0.29) is 10.2 Å². The molecule has 1 rings (SSSR count). The Morgan fingerprint density at radius 2 is 1.94 bits per heavy atom. The molecule has 0 bridgehead atoms. The van der Waals surface area contributed by atoms with Crippen LogP contribution in [0, 0.1) is 5.82 Å². The van der Waals surface area contributed by atoms with E-state index in [1.165, 1.54) is 0 Å². The van der Waals surface area contributed by atoms with Gasteiger partial charge in [0.05, 0.1) is 4.47 Å². The first-order valence-corrected chi connectivity index (χ1v) is 4.86. The van der Waals surface area contributed by atoms with E-state index in [1.807, 2.05) is 0 Å². The first kappa shape index (κ1) is 13.2. The van der Waals surface area contributed by atoms with Crippen LogP contribution in [0.15, 0.2) is 22.7 Å². The molecule has 0 amide bonds. The fourth-order valence-corrected chi connectivity index (χ4v) is 1.29. The quantitative estimate of drug-likeness (QED) is 0.767. The van der Waals surface area contributed by atoms with Crippen molar-refractivity contribution < 1.29 is 26.7 Å². The second kappa shape index (κ2) is 4.99. The molecule has 1 aromatic rings. The zero-order valence-corrected chi connectivity index (χ0v) is 9.28. The Labute approximate surface area is 96.3 Å². The molecular formula is C9H6BrF5O. The molecule has 0 radical (unpaired) electrons. The molecule has 90 valence electrons. The van der Waals surface area contributed by atoms with Gasteiger partial charge >= 0.3 is 12.3 Å². The van der Waals surface area contributed by atoms with Crippen molar-refractivity contribution in [2.24, 2.45) is 0 Å². The number of benzene rings is 1. The summed E-state index contributed by atoms with van der Waals surface area (Å²) < 4.78 is 65.7. The Kier molecular flexibility index (Phi) is 4.12. The lowest BCUT2D eigenvalue weighted by molar-refractivity contribution is -0.148. The molecule has 1 nitrogen and oxygen atoms in total. The summed E-state index contributed by atoms with van der Waals surface area (Å²) in [5.74, 6) is -4.95. The number of rotatable bonds is 4. The highest BCUT2D eigenvalue weighted by molar-refractivity contribution is 9.10. The van der Waals surface area contributed by atoms with Gasteiger partial charge in [-0.3, -0.25) is 0 Å². The van der Waals surface area contributed by atoms with E-state index in [0.29, 0.717) is 0 Å². The van der Waals surface area contributed by atoms with Gasteiger partial charge in [-0.25, -0.2) is 13.2 Å². The van der Waals surface area contributed by atoms with Gasteiger partial charge in [0, 0.05) is 0 Å². The van der Waals surface area contributed by atoms with Crippen molar-refractivity contribution in [2.75, 3.05) is 6.61 Å². The lowest BCUT2D eigenvalue weighted by Crippen LogP contribution is -2.33. The fraction of sp³-hybridized carbons (Fsp3) is 0.333. The molecule has 0 saturated carbocycles. The molecular weight excluding hydrogens is 299 g/mol. The number of hydrogen-bond acceptors (Lipinski definition) is 1. The van der Waals surface area contributed by atoms with Crippen molar-refractivity contribution >= 4 is 15.9 Å². The molecule has 0 saturated heterocycles. The van der Waals surface area contributed by atoms with Crippen LogP contribution in [0.1, 0.15) is 0 Å². The van der Waals surface area contributed by atoms with E-state index >= 15 is 0 Å². The number of alkyl halides is 4. The van der Waals surface area contributed by atoms with Gasteiger partial charge in [0.1, 0.15) is 11.6 Å². The van der Waals surface area contributed by atoms with E-state index in [2.05, 4.69) is 20.7 Å². The van der Waals surface area contributed by atoms with Gasteiger partial charge in [-0.2, -0.15) is 8.78 Å². The predicted molar refractivity (Wildman–Crippen MR) is 50.5 cm³/mol. The van der Waals surface area contributed by atoms with Crippen molar-refractivity contribution in [1.82, 2.24) is 0 Å². The molecule has 0 N–H and O–H groups in total. The van der Waals surface area contributed by atoms with Crippen molar-refractivity contribution in [1.29, 1.82) is 0 Å². The van der Waals surface area contributed by atoms with Crippen LogP contribution in [-0.2, 0) is 0 Å². The third-order valence-electron chi connectivity index (χ3n) is 1.63. The molecule has 0 fully saturated rings. The first-order valence-electron chi connectivity index (χ1n) is 4.07. The van der Waals surface area contributed by atoms with E-state index in [9.17, 15) is 22.0 Å². The Morgan fingerprint density at radius 1 is 1.31 bits per heavy atom. The second-order valence-electron chi connectivity index (χ2n) is 2.93. The average molecular weight is 305 g/mol. The molecule has 0 unspecified atom stereocenters. The molecule has 7 heteroatoms. The minimum absolute atomic E-state index is 0.0811. The van der Waals surface area contributed by atoms with Crippen LogP contribution < -0.4 is 4.74 Å². The van der Waals surface area contributed by atoms with Crippen molar-refractivity contribution in [3.63, 3.8) is 0 Å². The van der Waals surface area contributed by atoms with E-state index in [1.54, 1.807) is 0 Å². The topological polar surface area (TPSA) is 9.23 Å². The summed E-state index contributed by atoms with van der Waals surface area (Å²) in [6.07, 6.45) is -3.80. The third kappa shape index (κ3) is 3.33. The van der Waals surface area contributed by atoms with Crippen LogP contribution in [0.3, 0.4) is 0 Å². The summed E-state index contributed by atoms with van der Waals surface area (Å²) in [4.78, 5) is 0. The van der Waals surface area contributed by atoms with Crippen LogP contribution in [0.5, 0.6) is 5.75 Å². The molecule has 1 aromatic carbocycles. The molecule has 0 atom stereocenters. The van der Waals surface area contributed by atoms with Crippen molar-refractivity contribution in [2.45, 2.75) is 12.3 Å². The maximum absolute atomic E-state index is 12.6. The SMILES string of the molecule is Fc1ccc(OCC(F)(F)C(F)F)c(Br)c1. The van der Waals surface area contributed by atoms with Gasteiger partial charge in [0.25, 0.3) is 0 Å². The smallest absolute Gasteiger partial charge is 0.340 e. The van der Waals surface area contributed by atoms with E-state index in [0.717, 1.165) is 18.2 Å². The fourth-order valence-electron chi connectivity index (χ4n) is 0.829. The number of halogens is 6. The van der Waals surface area contributed by atoms with Gasteiger partial charge in [-0.1, -0.05) is 0 Å². The normalized spacial score (nSPS) is 11.9. The van der Waals surface area contributed by atoms with Crippen LogP contribution in [0.2, 0.25) is 0 Å². The summed E-state index contributed by atoms with van der Waals surface area (Å²) in [6.45, 7) is -1.46. The summed E-state index contributed by atoms with van der Waals surface area (Å²) in [6, 6.07) is 3.03. The number of ether oxygens (including phenoxy) is 1. The molecule has 0 aliphatic rings. The molecule has 16 heavy (non-hydrogen) atoms. The van der Waals surface area contributed by atoms with Gasteiger partial charge in [0.2, 0.25) is 0 Å². The maximum atomic E-state index is 12.6. The van der Waals surface area contributed by atoms with Gasteiger partial charge in [-0.05, 0) is 34.1 Å². The zero-order valence-electron chi connectivity index (χ0n) is 7.69. The van der Waals surface area contributed by atoms with Gasteiger partial charge in [0.15, 0.2) is 6.61 Å². The highest BCUT2D eigenvalue weighted by Crippen LogP contribution is 2.29. The van der Waals surface area contributed by atoms with Crippen LogP contribution in [0.4, 0.5) is 22.0 Å². The highest BCUT2D eigenvalue weighted by atomic mass is 79.9. The minimum atomic E-state index is -4.23. The van der Waals surface area contributed by atoms with Crippen LogP contribution in [-0.4, -0.2) is 19.0 Å². The van der Waals surface area contributed by atoms with Crippen LogP contribution in [0.25, 0.3) is 0 Å². The predicted octanol–water partition coefficient (Wildman–Crippen LogP) is 3.87. The standard InChI is InChI=1S/C9H6BrF5O/c10-6-3-5(11)1-2-7(6)16-4-9(14,15)8(12)13/h1-3,8H,4H2. The number of hydrogen-bond donors (Lipinski definition) is 0. The van der Waals surface area contributed by atoms with Crippen molar-refractivity contribution in [3.8, 4) is 5.75 Å². The average Bonchev–Trinajstić information content (AvgIpc) is 2.16.